The van der Waals surface area contributed by atoms with E-state index in [2.05, 4.69) is 20.3 Å². The van der Waals surface area contributed by atoms with E-state index in [9.17, 15) is 8.42 Å². The van der Waals surface area contributed by atoms with E-state index in [4.69, 9.17) is 0 Å². The van der Waals surface area contributed by atoms with E-state index in [1.807, 2.05) is 55.4 Å². The molecular formula is C18H27N5O2S. The van der Waals surface area contributed by atoms with Crippen molar-refractivity contribution in [2.24, 2.45) is 4.99 Å². The Labute approximate surface area is 155 Å². The highest BCUT2D eigenvalue weighted by Crippen LogP contribution is 2.16. The van der Waals surface area contributed by atoms with Gasteiger partial charge in [-0.15, -0.1) is 0 Å². The maximum Gasteiger partial charge on any atom is 0.194 e. The fourth-order valence-electron chi connectivity index (χ4n) is 2.49. The van der Waals surface area contributed by atoms with Crippen molar-refractivity contribution in [3.05, 3.63) is 42.4 Å². The molecule has 0 aliphatic carbocycles. The number of aromatic amines is 1. The standard InChI is InChI=1S/C18H27N5O2S/c1-4-19-18(20-11-8-12-26(3,24)25)23(2)14-17-21-13-16(22-17)15-9-6-5-7-10-15/h5-7,9-10,13H,4,8,11-12,14H2,1-3H3,(H,19,20)(H,21,22). The van der Waals surface area contributed by atoms with E-state index in [0.717, 1.165) is 29.6 Å². The van der Waals surface area contributed by atoms with Crippen LogP contribution in [0, 0.1) is 0 Å². The van der Waals surface area contributed by atoms with Crippen molar-refractivity contribution in [1.29, 1.82) is 0 Å². The summed E-state index contributed by atoms with van der Waals surface area (Å²) in [7, 11) is -1.01. The Bertz CT molecular complexity index is 815. The quantitative estimate of drug-likeness (QED) is 0.417. The first-order valence-electron chi connectivity index (χ1n) is 8.65. The SMILES string of the molecule is CCNC(=NCCCS(C)(=O)=O)N(C)Cc1ncc(-c2ccccc2)[nH]1. The molecule has 2 rings (SSSR count). The van der Waals surface area contributed by atoms with Gasteiger partial charge in [-0.05, 0) is 18.9 Å². The van der Waals surface area contributed by atoms with Gasteiger partial charge in [-0.2, -0.15) is 0 Å². The Hall–Kier alpha value is -2.35. The summed E-state index contributed by atoms with van der Waals surface area (Å²) in [6.45, 7) is 3.78. The van der Waals surface area contributed by atoms with Crippen LogP contribution in [0.15, 0.2) is 41.5 Å². The predicted molar refractivity (Wildman–Crippen MR) is 106 cm³/mol. The lowest BCUT2D eigenvalue weighted by molar-refractivity contribution is 0.464. The monoisotopic (exact) mass is 377 g/mol. The molecule has 142 valence electrons. The highest BCUT2D eigenvalue weighted by Gasteiger charge is 2.10. The normalized spacial score (nSPS) is 12.2. The van der Waals surface area contributed by atoms with Gasteiger partial charge in [0.15, 0.2) is 5.96 Å². The zero-order valence-electron chi connectivity index (χ0n) is 15.6. The minimum absolute atomic E-state index is 0.151. The van der Waals surface area contributed by atoms with Crippen LogP contribution in [0.25, 0.3) is 11.3 Å². The van der Waals surface area contributed by atoms with Crippen LogP contribution < -0.4 is 5.32 Å². The summed E-state index contributed by atoms with van der Waals surface area (Å²) in [5.74, 6) is 1.73. The number of nitrogens with zero attached hydrogens (tertiary/aromatic N) is 3. The van der Waals surface area contributed by atoms with Gasteiger partial charge >= 0.3 is 0 Å². The first-order valence-corrected chi connectivity index (χ1v) is 10.7. The minimum Gasteiger partial charge on any atom is -0.357 e. The van der Waals surface area contributed by atoms with Gasteiger partial charge in [-0.3, -0.25) is 4.99 Å². The molecule has 0 unspecified atom stereocenters. The molecule has 8 heteroatoms. The Morgan fingerprint density at radius 2 is 2.04 bits per heavy atom. The third kappa shape index (κ3) is 6.51. The van der Waals surface area contributed by atoms with Crippen molar-refractivity contribution < 1.29 is 8.42 Å². The fraction of sp³-hybridized carbons (Fsp3) is 0.444. The summed E-state index contributed by atoms with van der Waals surface area (Å²) in [5, 5.41) is 3.22. The van der Waals surface area contributed by atoms with Gasteiger partial charge in [0.2, 0.25) is 0 Å². The van der Waals surface area contributed by atoms with Crippen molar-refractivity contribution in [2.75, 3.05) is 32.1 Å². The van der Waals surface area contributed by atoms with Crippen molar-refractivity contribution in [1.82, 2.24) is 20.2 Å². The van der Waals surface area contributed by atoms with Crippen LogP contribution >= 0.6 is 0 Å². The Balaban J connectivity index is 1.98. The number of H-pyrrole nitrogens is 1. The summed E-state index contributed by atoms with van der Waals surface area (Å²) in [5.41, 5.74) is 2.07. The van der Waals surface area contributed by atoms with Gasteiger partial charge in [-0.1, -0.05) is 30.3 Å². The average Bonchev–Trinajstić information content (AvgIpc) is 3.06. The summed E-state index contributed by atoms with van der Waals surface area (Å²) in [6.07, 6.45) is 3.59. The second-order valence-electron chi connectivity index (χ2n) is 6.18. The largest absolute Gasteiger partial charge is 0.357 e. The molecule has 0 atom stereocenters. The fourth-order valence-corrected chi connectivity index (χ4v) is 3.14. The molecule has 0 fully saturated rings. The summed E-state index contributed by atoms with van der Waals surface area (Å²) in [6, 6.07) is 10.0. The van der Waals surface area contributed by atoms with Crippen LogP contribution in [0.3, 0.4) is 0 Å². The van der Waals surface area contributed by atoms with Gasteiger partial charge in [0.1, 0.15) is 15.7 Å². The van der Waals surface area contributed by atoms with Crippen LogP contribution in [0.5, 0.6) is 0 Å². The Kier molecular flexibility index (Phi) is 7.20. The van der Waals surface area contributed by atoms with E-state index in [1.54, 1.807) is 0 Å². The summed E-state index contributed by atoms with van der Waals surface area (Å²) in [4.78, 5) is 14.2. The molecule has 1 heterocycles. The van der Waals surface area contributed by atoms with E-state index >= 15 is 0 Å². The number of rotatable bonds is 8. The molecule has 7 nitrogen and oxygen atoms in total. The third-order valence-corrected chi connectivity index (χ3v) is 4.76. The van der Waals surface area contributed by atoms with E-state index in [1.165, 1.54) is 6.26 Å². The van der Waals surface area contributed by atoms with Crippen LogP contribution in [0.4, 0.5) is 0 Å². The van der Waals surface area contributed by atoms with Crippen LogP contribution in [0.2, 0.25) is 0 Å². The first kappa shape index (κ1) is 20.0. The topological polar surface area (TPSA) is 90.4 Å². The number of aliphatic imine (C=N–C) groups is 1. The van der Waals surface area contributed by atoms with Crippen molar-refractivity contribution in [3.8, 4) is 11.3 Å². The molecule has 0 saturated carbocycles. The highest BCUT2D eigenvalue weighted by molar-refractivity contribution is 7.90. The number of hydrogen-bond donors (Lipinski definition) is 2. The van der Waals surface area contributed by atoms with Crippen molar-refractivity contribution >= 4 is 15.8 Å². The molecule has 0 aliphatic heterocycles. The maximum absolute atomic E-state index is 11.2. The molecule has 1 aromatic heterocycles. The molecule has 0 aliphatic rings. The number of hydrogen-bond acceptors (Lipinski definition) is 4. The molecule has 1 aromatic carbocycles. The number of sulfone groups is 1. The molecular weight excluding hydrogens is 350 g/mol. The van der Waals surface area contributed by atoms with Gasteiger partial charge in [-0.25, -0.2) is 13.4 Å². The van der Waals surface area contributed by atoms with Gasteiger partial charge < -0.3 is 15.2 Å². The zero-order valence-corrected chi connectivity index (χ0v) is 16.4. The zero-order chi connectivity index (χ0) is 19.0. The highest BCUT2D eigenvalue weighted by atomic mass is 32.2. The van der Waals surface area contributed by atoms with Crippen LogP contribution in [-0.4, -0.2) is 61.4 Å². The second kappa shape index (κ2) is 9.38. The van der Waals surface area contributed by atoms with E-state index < -0.39 is 9.84 Å². The lowest BCUT2D eigenvalue weighted by atomic mass is 10.2. The van der Waals surface area contributed by atoms with Crippen LogP contribution in [0.1, 0.15) is 19.2 Å². The smallest absolute Gasteiger partial charge is 0.194 e. The molecule has 0 spiro atoms. The number of benzene rings is 1. The Morgan fingerprint density at radius 1 is 1.31 bits per heavy atom. The van der Waals surface area contributed by atoms with Gasteiger partial charge in [0.05, 0.1) is 24.2 Å². The number of guanidine groups is 1. The number of aromatic nitrogens is 2. The second-order valence-corrected chi connectivity index (χ2v) is 8.44. The third-order valence-electron chi connectivity index (χ3n) is 3.73. The first-order chi connectivity index (χ1) is 12.4. The molecule has 26 heavy (non-hydrogen) atoms. The molecule has 0 bridgehead atoms. The summed E-state index contributed by atoms with van der Waals surface area (Å²) >= 11 is 0. The predicted octanol–water partition coefficient (Wildman–Crippen LogP) is 1.91. The van der Waals surface area contributed by atoms with E-state index in [0.29, 0.717) is 19.5 Å². The molecule has 0 amide bonds. The Morgan fingerprint density at radius 3 is 2.69 bits per heavy atom. The number of nitrogens with one attached hydrogen (secondary N) is 2. The molecule has 2 aromatic rings. The lowest BCUT2D eigenvalue weighted by Gasteiger charge is -2.21. The molecule has 0 saturated heterocycles. The molecule has 2 N–H and O–H groups in total. The lowest BCUT2D eigenvalue weighted by Crippen LogP contribution is -2.38. The van der Waals surface area contributed by atoms with Crippen LogP contribution in [-0.2, 0) is 16.4 Å². The summed E-state index contributed by atoms with van der Waals surface area (Å²) < 4.78 is 22.4. The van der Waals surface area contributed by atoms with Crippen molar-refractivity contribution in [3.63, 3.8) is 0 Å². The van der Waals surface area contributed by atoms with Gasteiger partial charge in [0, 0.05) is 26.4 Å². The average molecular weight is 378 g/mol. The number of imidazole rings is 1. The minimum atomic E-state index is -2.95. The molecule has 0 radical (unpaired) electrons. The van der Waals surface area contributed by atoms with Gasteiger partial charge in [0.25, 0.3) is 0 Å². The maximum atomic E-state index is 11.2. The van der Waals surface area contributed by atoms with Crippen molar-refractivity contribution in [2.45, 2.75) is 19.9 Å². The van der Waals surface area contributed by atoms with E-state index in [-0.39, 0.29) is 5.75 Å².